The molecule has 9 heavy (non-hydrogen) atoms. The Balaban J connectivity index is -0.00000000990. The van der Waals surface area contributed by atoms with Crippen LogP contribution < -0.4 is 98.5 Å². The molecule has 0 heterocycles. The second-order valence-corrected chi connectivity index (χ2v) is 0.671. The molecule has 0 saturated heterocycles. The van der Waals surface area contributed by atoms with Crippen LogP contribution in [0.15, 0.2) is 0 Å². The minimum Gasteiger partial charge on any atom is -0.598 e. The Morgan fingerprint density at radius 3 is 1.11 bits per heavy atom. The fourth-order valence-corrected chi connectivity index (χ4v) is 0. The maximum Gasteiger partial charge on any atom is 1.00 e. The second-order valence-electron chi connectivity index (χ2n) is 0.224. The van der Waals surface area contributed by atoms with Crippen LogP contribution in [-0.2, 0) is 4.57 Å². The van der Waals surface area contributed by atoms with Gasteiger partial charge in [-0.05, 0) is 6.26 Å². The average Bonchev–Trinajstić information content (AvgIpc) is 1.41. The van der Waals surface area contributed by atoms with E-state index in [-0.39, 0.29) is 88.7 Å². The molecule has 0 aliphatic carbocycles. The Morgan fingerprint density at radius 1 is 1.11 bits per heavy atom. The normalized spacial score (nSPS) is 3.56. The molecule has 0 rings (SSSR count). The summed E-state index contributed by atoms with van der Waals surface area (Å²) in [5.41, 5.74) is 0. The van der Waals surface area contributed by atoms with Crippen LogP contribution in [0.5, 0.6) is 0 Å². The summed E-state index contributed by atoms with van der Waals surface area (Å²) in [5, 5.41) is 0. The Hall–Kier alpha value is 3.37. The van der Waals surface area contributed by atoms with Crippen LogP contribution in [0.2, 0.25) is 0 Å². The van der Waals surface area contributed by atoms with Crippen LogP contribution in [0.3, 0.4) is 0 Å². The Labute approximate surface area is 128 Å². The van der Waals surface area contributed by atoms with Crippen molar-refractivity contribution < 1.29 is 103 Å². The van der Waals surface area contributed by atoms with E-state index in [0.717, 1.165) is 0 Å². The Morgan fingerprint density at radius 2 is 1.11 bits per heavy atom. The third-order valence-electron chi connectivity index (χ3n) is 0. The van der Waals surface area contributed by atoms with E-state index < -0.39 is 8.25 Å². The van der Waals surface area contributed by atoms with Crippen LogP contribution in [-0.4, -0.2) is 6.26 Å². The Kier molecular flexibility index (Phi) is 98.6. The van der Waals surface area contributed by atoms with Crippen LogP contribution in [0.25, 0.3) is 0 Å². The SMILES string of the molecule is CS.O=[P+]([O-])[O-].[Na+].[Na+].[Na+]. The van der Waals surface area contributed by atoms with E-state index in [1.807, 2.05) is 0 Å². The molecule has 3 nitrogen and oxygen atoms in total. The molecule has 0 saturated carbocycles. The van der Waals surface area contributed by atoms with Crippen LogP contribution in [0.1, 0.15) is 0 Å². The van der Waals surface area contributed by atoms with Gasteiger partial charge in [0.25, 0.3) is 8.25 Å². The molecular formula is CH4Na3O3PS+2. The van der Waals surface area contributed by atoms with Crippen molar-refractivity contribution in [3.05, 3.63) is 0 Å². The summed E-state index contributed by atoms with van der Waals surface area (Å²) in [5.74, 6) is 0. The summed E-state index contributed by atoms with van der Waals surface area (Å²) in [6.07, 6.45) is 1.69. The van der Waals surface area contributed by atoms with Crippen molar-refractivity contribution in [2.75, 3.05) is 6.26 Å². The van der Waals surface area contributed by atoms with Crippen molar-refractivity contribution in [1.82, 2.24) is 0 Å². The van der Waals surface area contributed by atoms with Gasteiger partial charge < -0.3 is 9.79 Å². The van der Waals surface area contributed by atoms with Gasteiger partial charge in [0.2, 0.25) is 0 Å². The molecule has 0 atom stereocenters. The van der Waals surface area contributed by atoms with Gasteiger partial charge in [-0.2, -0.15) is 12.6 Å². The molecule has 8 heteroatoms. The van der Waals surface area contributed by atoms with Crippen molar-refractivity contribution in [1.29, 1.82) is 0 Å². The molecular weight excluding hydrogens is 192 g/mol. The van der Waals surface area contributed by atoms with E-state index in [1.165, 1.54) is 0 Å². The number of hydrogen-bond acceptors (Lipinski definition) is 4. The number of rotatable bonds is 0. The van der Waals surface area contributed by atoms with Crippen molar-refractivity contribution in [3.8, 4) is 0 Å². The van der Waals surface area contributed by atoms with Gasteiger partial charge >= 0.3 is 88.7 Å². The van der Waals surface area contributed by atoms with Gasteiger partial charge in [0.05, 0.1) is 0 Å². The van der Waals surface area contributed by atoms with E-state index in [9.17, 15) is 0 Å². The van der Waals surface area contributed by atoms with Gasteiger partial charge in [0, 0.05) is 0 Å². The fraction of sp³-hybridized carbons (Fsp3) is 1.00. The monoisotopic (exact) mass is 196 g/mol. The first-order chi connectivity index (χ1) is 2.73. The molecule has 38 valence electrons. The third-order valence-corrected chi connectivity index (χ3v) is 0. The van der Waals surface area contributed by atoms with Crippen LogP contribution in [0, 0.1) is 0 Å². The zero-order chi connectivity index (χ0) is 5.58. The predicted octanol–water partition coefficient (Wildman–Crippen LogP) is -10.1. The molecule has 0 N–H and O–H groups in total. The zero-order valence-corrected chi connectivity index (χ0v) is 13.9. The summed E-state index contributed by atoms with van der Waals surface area (Å²) < 4.78 is 8.48. The fourth-order valence-electron chi connectivity index (χ4n) is 0. The molecule has 0 aromatic carbocycles. The molecule has 0 aliphatic rings. The standard InChI is InChI=1S/CH4S.3Na.HO3P/c1-2;;;;1-4(2)3/h2H,1H3;;;;(H,1,2,3)/q;3*+1;/p-1. The molecule has 0 fully saturated rings. The van der Waals surface area contributed by atoms with E-state index >= 15 is 0 Å². The largest absolute Gasteiger partial charge is 1.00 e. The van der Waals surface area contributed by atoms with Crippen molar-refractivity contribution in [2.45, 2.75) is 0 Å². The molecule has 0 aliphatic heterocycles. The minimum atomic E-state index is -3.37. The summed E-state index contributed by atoms with van der Waals surface area (Å²) >= 11 is 3.53. The van der Waals surface area contributed by atoms with E-state index in [2.05, 4.69) is 12.6 Å². The first-order valence-corrected chi connectivity index (χ1v) is 2.98. The van der Waals surface area contributed by atoms with E-state index in [0.29, 0.717) is 0 Å². The molecule has 0 amide bonds. The molecule has 0 bridgehead atoms. The summed E-state index contributed by atoms with van der Waals surface area (Å²) in [6, 6.07) is 0. The van der Waals surface area contributed by atoms with Gasteiger partial charge in [-0.15, -0.1) is 0 Å². The van der Waals surface area contributed by atoms with Gasteiger partial charge in [-0.25, -0.2) is 0 Å². The van der Waals surface area contributed by atoms with Crippen molar-refractivity contribution in [3.63, 3.8) is 0 Å². The third kappa shape index (κ3) is 87.9. The van der Waals surface area contributed by atoms with Crippen molar-refractivity contribution in [2.24, 2.45) is 0 Å². The van der Waals surface area contributed by atoms with Gasteiger partial charge in [0.15, 0.2) is 0 Å². The van der Waals surface area contributed by atoms with Crippen LogP contribution >= 0.6 is 20.9 Å². The average molecular weight is 196 g/mol. The summed E-state index contributed by atoms with van der Waals surface area (Å²) in [6.45, 7) is 0. The minimum absolute atomic E-state index is 0. The molecule has 0 spiro atoms. The molecule has 0 aromatic heterocycles. The quantitative estimate of drug-likeness (QED) is 0.238. The van der Waals surface area contributed by atoms with E-state index in [4.69, 9.17) is 14.4 Å². The summed E-state index contributed by atoms with van der Waals surface area (Å²) in [7, 11) is -3.37. The number of thiol groups is 1. The maximum absolute atomic E-state index is 8.48. The first kappa shape index (κ1) is 29.4. The van der Waals surface area contributed by atoms with Gasteiger partial charge in [-0.1, -0.05) is 4.57 Å². The molecule has 0 unspecified atom stereocenters. The smallest absolute Gasteiger partial charge is 0.598 e. The topological polar surface area (TPSA) is 63.2 Å². The first-order valence-electron chi connectivity index (χ1n) is 0.995. The molecule has 0 radical (unpaired) electrons. The number of hydrogen-bond donors (Lipinski definition) is 1. The predicted molar refractivity (Wildman–Crippen MR) is 22.5 cm³/mol. The van der Waals surface area contributed by atoms with Gasteiger partial charge in [-0.3, -0.25) is 0 Å². The maximum atomic E-state index is 8.48. The van der Waals surface area contributed by atoms with Crippen molar-refractivity contribution >= 4 is 20.9 Å². The summed E-state index contributed by atoms with van der Waals surface area (Å²) in [4.78, 5) is 17.0. The van der Waals surface area contributed by atoms with Gasteiger partial charge in [0.1, 0.15) is 0 Å². The molecule has 0 aromatic rings. The Bertz CT molecular complexity index is 42.0. The second kappa shape index (κ2) is 30.1. The zero-order valence-electron chi connectivity index (χ0n) is 6.12. The van der Waals surface area contributed by atoms with E-state index in [1.54, 1.807) is 6.26 Å². The van der Waals surface area contributed by atoms with Crippen LogP contribution in [0.4, 0.5) is 0 Å².